The van der Waals surface area contributed by atoms with E-state index in [0.717, 1.165) is 20.8 Å². The number of hydrogen-bond acceptors (Lipinski definition) is 2. The molecule has 0 atom stereocenters. The molecular weight excluding hydrogens is 457 g/mol. The van der Waals surface area contributed by atoms with Crippen LogP contribution < -0.4 is 10.6 Å². The molecule has 0 aromatic heterocycles. The number of guanidine groups is 1. The van der Waals surface area contributed by atoms with Gasteiger partial charge in [0.05, 0.1) is 6.54 Å². The lowest BCUT2D eigenvalue weighted by Gasteiger charge is -2.14. The van der Waals surface area contributed by atoms with Gasteiger partial charge in [-0.05, 0) is 46.7 Å². The van der Waals surface area contributed by atoms with Crippen molar-refractivity contribution >= 4 is 38.3 Å². The average Bonchev–Trinajstić information content (AvgIpc) is 2.77. The number of benzene rings is 4. The lowest BCUT2D eigenvalue weighted by molar-refractivity contribution is 0.475. The molecule has 4 aromatic rings. The van der Waals surface area contributed by atoms with Gasteiger partial charge in [-0.25, -0.2) is 9.38 Å². The van der Waals surface area contributed by atoms with Crippen LogP contribution in [0.3, 0.4) is 0 Å². The second-order valence-electron chi connectivity index (χ2n) is 7.07. The summed E-state index contributed by atoms with van der Waals surface area (Å²) in [5.41, 5.74) is 2.28. The topological polar surface area (TPSA) is 56.6 Å². The summed E-state index contributed by atoms with van der Waals surface area (Å²) in [6.45, 7) is 0.696. The minimum atomic E-state index is -0.308. The maximum absolute atomic E-state index is 14.2. The number of nitrogens with zero attached hydrogens (tertiary/aromatic N) is 1. The lowest BCUT2D eigenvalue weighted by Crippen LogP contribution is -2.30. The molecule has 4 aromatic carbocycles. The summed E-state index contributed by atoms with van der Waals surface area (Å²) < 4.78 is 15.0. The first-order chi connectivity index (χ1) is 15.1. The van der Waals surface area contributed by atoms with Gasteiger partial charge in [0.15, 0.2) is 5.96 Å². The van der Waals surface area contributed by atoms with Gasteiger partial charge in [-0.3, -0.25) is 0 Å². The molecule has 0 amide bonds. The van der Waals surface area contributed by atoms with Crippen LogP contribution in [-0.2, 0) is 13.1 Å². The predicted octanol–water partition coefficient (Wildman–Crippen LogP) is 6.20. The van der Waals surface area contributed by atoms with Crippen molar-refractivity contribution in [2.75, 3.05) is 5.32 Å². The third kappa shape index (κ3) is 5.41. The number of aromatic hydroxyl groups is 1. The number of fused-ring (bicyclic) bond motifs is 1. The summed E-state index contributed by atoms with van der Waals surface area (Å²) in [6.07, 6.45) is 0. The summed E-state index contributed by atoms with van der Waals surface area (Å²) in [6, 6.07) is 25.9. The van der Waals surface area contributed by atoms with Crippen LogP contribution in [0, 0.1) is 5.82 Å². The molecule has 0 heterocycles. The fraction of sp³-hybridized carbons (Fsp3) is 0.0800. The van der Waals surface area contributed by atoms with Crippen molar-refractivity contribution in [1.29, 1.82) is 0 Å². The fourth-order valence-electron chi connectivity index (χ4n) is 3.31. The Hall–Kier alpha value is -3.38. The summed E-state index contributed by atoms with van der Waals surface area (Å²) >= 11 is 3.38. The first-order valence-electron chi connectivity index (χ1n) is 9.83. The quantitative estimate of drug-likeness (QED) is 0.236. The van der Waals surface area contributed by atoms with Gasteiger partial charge in [-0.15, -0.1) is 0 Å². The zero-order valence-electron chi connectivity index (χ0n) is 16.6. The van der Waals surface area contributed by atoms with E-state index in [0.29, 0.717) is 23.8 Å². The zero-order valence-corrected chi connectivity index (χ0v) is 18.2. The van der Waals surface area contributed by atoms with E-state index in [9.17, 15) is 9.50 Å². The summed E-state index contributed by atoms with van der Waals surface area (Å²) in [7, 11) is 0. The Balaban J connectivity index is 1.59. The summed E-state index contributed by atoms with van der Waals surface area (Å²) in [5.74, 6) is 0.326. The first kappa shape index (κ1) is 20.9. The number of hydrogen-bond donors (Lipinski definition) is 3. The number of aliphatic imine (C=N–C) groups is 1. The van der Waals surface area contributed by atoms with E-state index in [2.05, 4.69) is 55.8 Å². The van der Waals surface area contributed by atoms with Crippen LogP contribution in [0.2, 0.25) is 0 Å². The number of phenols is 1. The molecule has 0 bridgehead atoms. The Morgan fingerprint density at radius 3 is 2.58 bits per heavy atom. The summed E-state index contributed by atoms with van der Waals surface area (Å²) in [4.78, 5) is 4.57. The highest BCUT2D eigenvalue weighted by molar-refractivity contribution is 9.10. The molecule has 156 valence electrons. The smallest absolute Gasteiger partial charge is 0.196 e. The van der Waals surface area contributed by atoms with Crippen LogP contribution in [0.15, 0.2) is 94.4 Å². The van der Waals surface area contributed by atoms with Gasteiger partial charge >= 0.3 is 0 Å². The largest absolute Gasteiger partial charge is 0.508 e. The van der Waals surface area contributed by atoms with Gasteiger partial charge in [-0.1, -0.05) is 64.5 Å². The third-order valence-corrected chi connectivity index (χ3v) is 5.34. The zero-order chi connectivity index (χ0) is 21.6. The number of nitrogens with one attached hydrogen (secondary N) is 2. The number of halogens is 2. The molecule has 0 unspecified atom stereocenters. The van der Waals surface area contributed by atoms with Crippen LogP contribution in [-0.4, -0.2) is 11.1 Å². The molecule has 0 saturated carbocycles. The highest BCUT2D eigenvalue weighted by Crippen LogP contribution is 2.20. The molecule has 0 aliphatic rings. The van der Waals surface area contributed by atoms with Gasteiger partial charge in [0.25, 0.3) is 0 Å². The van der Waals surface area contributed by atoms with E-state index in [-0.39, 0.29) is 18.1 Å². The van der Waals surface area contributed by atoms with Crippen molar-refractivity contribution in [3.8, 4) is 5.75 Å². The van der Waals surface area contributed by atoms with E-state index < -0.39 is 0 Å². The van der Waals surface area contributed by atoms with Crippen LogP contribution in [0.4, 0.5) is 10.1 Å². The summed E-state index contributed by atoms with van der Waals surface area (Å²) in [5, 5.41) is 18.6. The van der Waals surface area contributed by atoms with Crippen molar-refractivity contribution in [1.82, 2.24) is 5.32 Å². The fourth-order valence-corrected chi connectivity index (χ4v) is 3.72. The highest BCUT2D eigenvalue weighted by Gasteiger charge is 2.07. The van der Waals surface area contributed by atoms with Gasteiger partial charge in [0.2, 0.25) is 0 Å². The Kier molecular flexibility index (Phi) is 6.48. The molecule has 4 nitrogen and oxygen atoms in total. The monoisotopic (exact) mass is 477 g/mol. The molecule has 31 heavy (non-hydrogen) atoms. The molecule has 0 saturated heterocycles. The molecule has 3 N–H and O–H groups in total. The average molecular weight is 478 g/mol. The molecule has 0 aliphatic heterocycles. The molecule has 0 aliphatic carbocycles. The maximum Gasteiger partial charge on any atom is 0.196 e. The Labute approximate surface area is 188 Å². The Bertz CT molecular complexity index is 1240. The number of anilines is 1. The third-order valence-electron chi connectivity index (χ3n) is 4.85. The standard InChI is InChI=1S/C25H21BrFN3O/c26-20-11-12-24(27)19(13-20)16-29-25(30-21-8-4-9-22(31)14-21)28-15-18-7-3-6-17-5-1-2-10-23(17)18/h1-14,31H,15-16H2,(H2,28,29,30). The van der Waals surface area contributed by atoms with Crippen molar-refractivity contribution < 1.29 is 9.50 Å². The first-order valence-corrected chi connectivity index (χ1v) is 10.6. The van der Waals surface area contributed by atoms with Crippen molar-refractivity contribution in [3.63, 3.8) is 0 Å². The normalized spacial score (nSPS) is 11.5. The predicted molar refractivity (Wildman–Crippen MR) is 128 cm³/mol. The van der Waals surface area contributed by atoms with E-state index in [1.807, 2.05) is 24.3 Å². The molecule has 4 rings (SSSR count). The Morgan fingerprint density at radius 1 is 0.903 bits per heavy atom. The molecule has 6 heteroatoms. The van der Waals surface area contributed by atoms with Crippen LogP contribution >= 0.6 is 15.9 Å². The van der Waals surface area contributed by atoms with E-state index in [1.54, 1.807) is 30.3 Å². The minimum Gasteiger partial charge on any atom is -0.508 e. The molecule has 0 spiro atoms. The van der Waals surface area contributed by atoms with E-state index in [4.69, 9.17) is 0 Å². The SMILES string of the molecule is Oc1cccc(NC(=NCc2cc(Br)ccc2F)NCc2cccc3ccccc23)c1. The Morgan fingerprint density at radius 2 is 1.71 bits per heavy atom. The van der Waals surface area contributed by atoms with Crippen molar-refractivity contribution in [2.24, 2.45) is 4.99 Å². The van der Waals surface area contributed by atoms with Gasteiger partial charge in [0, 0.05) is 28.3 Å². The van der Waals surface area contributed by atoms with Gasteiger partial charge in [-0.2, -0.15) is 0 Å². The lowest BCUT2D eigenvalue weighted by atomic mass is 10.0. The van der Waals surface area contributed by atoms with Crippen LogP contribution in [0.5, 0.6) is 5.75 Å². The second-order valence-corrected chi connectivity index (χ2v) is 7.98. The number of phenolic OH excluding ortho intramolecular Hbond substituents is 1. The number of rotatable bonds is 5. The second kappa shape index (κ2) is 9.62. The molecular formula is C25H21BrFN3O. The van der Waals surface area contributed by atoms with Crippen molar-refractivity contribution in [3.05, 3.63) is 106 Å². The van der Waals surface area contributed by atoms with Crippen LogP contribution in [0.25, 0.3) is 10.8 Å². The van der Waals surface area contributed by atoms with Crippen LogP contribution in [0.1, 0.15) is 11.1 Å². The van der Waals surface area contributed by atoms with Crippen molar-refractivity contribution in [2.45, 2.75) is 13.1 Å². The van der Waals surface area contributed by atoms with E-state index in [1.165, 1.54) is 6.07 Å². The minimum absolute atomic E-state index is 0.149. The molecule has 0 fully saturated rings. The highest BCUT2D eigenvalue weighted by atomic mass is 79.9. The van der Waals surface area contributed by atoms with Gasteiger partial charge < -0.3 is 15.7 Å². The maximum atomic E-state index is 14.2. The van der Waals surface area contributed by atoms with E-state index >= 15 is 0 Å². The molecule has 0 radical (unpaired) electrons. The van der Waals surface area contributed by atoms with Gasteiger partial charge in [0.1, 0.15) is 11.6 Å².